The van der Waals surface area contributed by atoms with Crippen molar-refractivity contribution in [2.45, 2.75) is 44.6 Å². The van der Waals surface area contributed by atoms with Gasteiger partial charge in [0.2, 0.25) is 5.91 Å². The van der Waals surface area contributed by atoms with E-state index in [2.05, 4.69) is 5.32 Å². The average Bonchev–Trinajstić information content (AvgIpc) is 2.33. The van der Waals surface area contributed by atoms with Crippen molar-refractivity contribution in [1.29, 1.82) is 0 Å². The molecule has 4 nitrogen and oxygen atoms in total. The number of hydrogen-bond donors (Lipinski definition) is 2. The second-order valence-electron chi connectivity index (χ2n) is 8.41. The molecule has 1 unspecified atom stereocenters. The summed E-state index contributed by atoms with van der Waals surface area (Å²) < 4.78 is 0. The minimum atomic E-state index is -0.856. The van der Waals surface area contributed by atoms with Crippen LogP contribution in [0.3, 0.4) is 0 Å². The Morgan fingerprint density at radius 2 is 1.67 bits per heavy atom. The number of aliphatic hydroxyl groups is 1. The van der Waals surface area contributed by atoms with Crippen molar-refractivity contribution >= 4 is 5.91 Å². The molecule has 1 amide bonds. The standard InChI is InChI=1S/C17H30N2O2/c1-17(21,10-19(2)3)9-18-16(20)15-13-5-11-4-12(7-13)8-14(15)6-11/h11-15,21H,4-10H2,1-3H3,(H,18,20). The lowest BCUT2D eigenvalue weighted by Gasteiger charge is -2.53. The molecule has 0 aromatic rings. The molecule has 4 bridgehead atoms. The summed E-state index contributed by atoms with van der Waals surface area (Å²) >= 11 is 0. The molecule has 120 valence electrons. The summed E-state index contributed by atoms with van der Waals surface area (Å²) in [5, 5.41) is 13.4. The Bertz CT molecular complexity index is 378. The molecule has 4 rings (SSSR count). The number of hydrogen-bond acceptors (Lipinski definition) is 3. The fourth-order valence-electron chi connectivity index (χ4n) is 5.49. The van der Waals surface area contributed by atoms with Crippen LogP contribution in [0.1, 0.15) is 39.0 Å². The lowest BCUT2D eigenvalue weighted by molar-refractivity contribution is -0.139. The highest BCUT2D eigenvalue weighted by Crippen LogP contribution is 2.56. The van der Waals surface area contributed by atoms with E-state index in [-0.39, 0.29) is 11.8 Å². The van der Waals surface area contributed by atoms with Gasteiger partial charge < -0.3 is 15.3 Å². The largest absolute Gasteiger partial charge is 0.387 e. The minimum Gasteiger partial charge on any atom is -0.387 e. The van der Waals surface area contributed by atoms with Crippen molar-refractivity contribution in [3.8, 4) is 0 Å². The first kappa shape index (κ1) is 15.3. The zero-order chi connectivity index (χ0) is 15.2. The van der Waals surface area contributed by atoms with E-state index in [1.165, 1.54) is 32.1 Å². The van der Waals surface area contributed by atoms with Crippen molar-refractivity contribution in [3.63, 3.8) is 0 Å². The van der Waals surface area contributed by atoms with Crippen LogP contribution in [-0.4, -0.2) is 48.7 Å². The Morgan fingerprint density at radius 1 is 1.14 bits per heavy atom. The SMILES string of the molecule is CN(C)CC(C)(O)CNC(=O)C1C2CC3CC(C2)CC1C3. The summed E-state index contributed by atoms with van der Waals surface area (Å²) in [7, 11) is 3.88. The van der Waals surface area contributed by atoms with Gasteiger partial charge in [-0.25, -0.2) is 0 Å². The number of likely N-dealkylation sites (N-methyl/N-ethyl adjacent to an activating group) is 1. The molecule has 4 aliphatic carbocycles. The van der Waals surface area contributed by atoms with Crippen LogP contribution in [0.2, 0.25) is 0 Å². The van der Waals surface area contributed by atoms with Crippen LogP contribution in [0.25, 0.3) is 0 Å². The molecular formula is C17H30N2O2. The third-order valence-corrected chi connectivity index (χ3v) is 5.83. The average molecular weight is 294 g/mol. The molecular weight excluding hydrogens is 264 g/mol. The van der Waals surface area contributed by atoms with E-state index < -0.39 is 5.60 Å². The monoisotopic (exact) mass is 294 g/mol. The van der Waals surface area contributed by atoms with Gasteiger partial charge in [-0.3, -0.25) is 4.79 Å². The second kappa shape index (κ2) is 5.54. The molecule has 0 spiro atoms. The Hall–Kier alpha value is -0.610. The minimum absolute atomic E-state index is 0.197. The summed E-state index contributed by atoms with van der Waals surface area (Å²) in [6.45, 7) is 2.71. The highest BCUT2D eigenvalue weighted by Gasteiger charge is 2.50. The van der Waals surface area contributed by atoms with Crippen LogP contribution in [0.15, 0.2) is 0 Å². The molecule has 4 saturated carbocycles. The summed E-state index contributed by atoms with van der Waals surface area (Å²) in [5.74, 6) is 3.43. The number of carbonyl (C=O) groups is 1. The van der Waals surface area contributed by atoms with E-state index in [1.807, 2.05) is 19.0 Å². The Balaban J connectivity index is 1.56. The summed E-state index contributed by atoms with van der Waals surface area (Å²) in [6, 6.07) is 0. The quantitative estimate of drug-likeness (QED) is 0.808. The van der Waals surface area contributed by atoms with Gasteiger partial charge in [0.15, 0.2) is 0 Å². The first-order valence-corrected chi connectivity index (χ1v) is 8.49. The summed E-state index contributed by atoms with van der Waals surface area (Å²) in [4.78, 5) is 14.6. The Labute approximate surface area is 128 Å². The predicted molar refractivity (Wildman–Crippen MR) is 82.7 cm³/mol. The Morgan fingerprint density at radius 3 is 2.14 bits per heavy atom. The van der Waals surface area contributed by atoms with Crippen LogP contribution in [0.5, 0.6) is 0 Å². The van der Waals surface area contributed by atoms with Gasteiger partial charge in [-0.15, -0.1) is 0 Å². The molecule has 0 radical (unpaired) electrons. The fraction of sp³-hybridized carbons (Fsp3) is 0.941. The third-order valence-electron chi connectivity index (χ3n) is 5.83. The van der Waals surface area contributed by atoms with Gasteiger partial charge in [0.05, 0.1) is 5.60 Å². The van der Waals surface area contributed by atoms with E-state index in [0.717, 1.165) is 11.8 Å². The number of amides is 1. The summed E-state index contributed by atoms with van der Waals surface area (Å²) in [5.41, 5.74) is -0.856. The molecule has 4 aliphatic rings. The second-order valence-corrected chi connectivity index (χ2v) is 8.41. The number of rotatable bonds is 5. The van der Waals surface area contributed by atoms with E-state index in [0.29, 0.717) is 24.9 Å². The zero-order valence-electron chi connectivity index (χ0n) is 13.6. The van der Waals surface area contributed by atoms with Crippen LogP contribution in [0.4, 0.5) is 0 Å². The smallest absolute Gasteiger partial charge is 0.223 e. The molecule has 21 heavy (non-hydrogen) atoms. The molecule has 0 saturated heterocycles. The van der Waals surface area contributed by atoms with Crippen molar-refractivity contribution < 1.29 is 9.90 Å². The maximum Gasteiger partial charge on any atom is 0.223 e. The van der Waals surface area contributed by atoms with Crippen LogP contribution in [0, 0.1) is 29.6 Å². The van der Waals surface area contributed by atoms with E-state index >= 15 is 0 Å². The van der Waals surface area contributed by atoms with Crippen molar-refractivity contribution in [2.24, 2.45) is 29.6 Å². The molecule has 4 heteroatoms. The molecule has 4 fully saturated rings. The molecule has 0 aromatic heterocycles. The normalized spacial score (nSPS) is 40.3. The number of carbonyl (C=O) groups excluding carboxylic acids is 1. The molecule has 0 heterocycles. The van der Waals surface area contributed by atoms with Gasteiger partial charge in [-0.2, -0.15) is 0 Å². The van der Waals surface area contributed by atoms with Gasteiger partial charge in [0.1, 0.15) is 0 Å². The first-order valence-electron chi connectivity index (χ1n) is 8.49. The van der Waals surface area contributed by atoms with E-state index in [4.69, 9.17) is 0 Å². The third kappa shape index (κ3) is 3.26. The van der Waals surface area contributed by atoms with E-state index in [9.17, 15) is 9.90 Å². The van der Waals surface area contributed by atoms with Gasteiger partial charge in [0, 0.05) is 19.0 Å². The zero-order valence-corrected chi connectivity index (χ0v) is 13.6. The van der Waals surface area contributed by atoms with Crippen LogP contribution < -0.4 is 5.32 Å². The van der Waals surface area contributed by atoms with Crippen LogP contribution >= 0.6 is 0 Å². The number of nitrogens with one attached hydrogen (secondary N) is 1. The highest BCUT2D eigenvalue weighted by molar-refractivity contribution is 5.79. The number of nitrogens with zero attached hydrogens (tertiary/aromatic N) is 1. The molecule has 0 aliphatic heterocycles. The van der Waals surface area contributed by atoms with Crippen molar-refractivity contribution in [3.05, 3.63) is 0 Å². The fourth-order valence-corrected chi connectivity index (χ4v) is 5.49. The van der Waals surface area contributed by atoms with E-state index in [1.54, 1.807) is 6.92 Å². The maximum absolute atomic E-state index is 12.6. The topological polar surface area (TPSA) is 52.6 Å². The lowest BCUT2D eigenvalue weighted by Crippen LogP contribution is -2.54. The summed E-state index contributed by atoms with van der Waals surface area (Å²) in [6.07, 6.45) is 6.47. The maximum atomic E-state index is 12.6. The van der Waals surface area contributed by atoms with Gasteiger partial charge in [-0.1, -0.05) is 0 Å². The van der Waals surface area contributed by atoms with Gasteiger partial charge in [-0.05, 0) is 76.8 Å². The van der Waals surface area contributed by atoms with Gasteiger partial charge in [0.25, 0.3) is 0 Å². The first-order chi connectivity index (χ1) is 9.84. The molecule has 1 atom stereocenters. The van der Waals surface area contributed by atoms with Crippen molar-refractivity contribution in [1.82, 2.24) is 10.2 Å². The van der Waals surface area contributed by atoms with Crippen molar-refractivity contribution in [2.75, 3.05) is 27.2 Å². The molecule has 0 aromatic carbocycles. The van der Waals surface area contributed by atoms with Gasteiger partial charge >= 0.3 is 0 Å². The highest BCUT2D eigenvalue weighted by atomic mass is 16.3. The Kier molecular flexibility index (Phi) is 4.04. The van der Waals surface area contributed by atoms with Crippen LogP contribution in [-0.2, 0) is 4.79 Å². The molecule has 2 N–H and O–H groups in total. The predicted octanol–water partition coefficient (Wildman–Crippen LogP) is 1.49. The lowest BCUT2D eigenvalue weighted by atomic mass is 9.51.